The number of nitrogens with one attached hydrogen (secondary N) is 1. The van der Waals surface area contributed by atoms with Gasteiger partial charge in [0.05, 0.1) is 12.0 Å². The molecule has 1 rings (SSSR count). The molecule has 5 atom stereocenters. The summed E-state index contributed by atoms with van der Waals surface area (Å²) in [6.07, 6.45) is -10.4. The summed E-state index contributed by atoms with van der Waals surface area (Å²) < 4.78 is 104. The molecule has 13 heteroatoms. The van der Waals surface area contributed by atoms with Gasteiger partial charge in [0.2, 0.25) is 5.67 Å². The molecule has 39 heavy (non-hydrogen) atoms. The minimum atomic E-state index is -4.93. The molecule has 0 aromatic rings. The van der Waals surface area contributed by atoms with Crippen molar-refractivity contribution in [3.05, 3.63) is 0 Å². The molecule has 0 amide bonds. The van der Waals surface area contributed by atoms with Crippen LogP contribution in [-0.2, 0) is 19.1 Å². The van der Waals surface area contributed by atoms with Gasteiger partial charge in [-0.15, -0.1) is 0 Å². The van der Waals surface area contributed by atoms with Crippen LogP contribution in [-0.4, -0.2) is 65.0 Å². The summed E-state index contributed by atoms with van der Waals surface area (Å²) in [6, 6.07) is -0.879. The lowest BCUT2D eigenvalue weighted by Gasteiger charge is -2.40. The van der Waals surface area contributed by atoms with Crippen molar-refractivity contribution >= 4 is 11.9 Å². The Balaban J connectivity index is 3.00. The number of rotatable bonds is 13. The van der Waals surface area contributed by atoms with Crippen molar-refractivity contribution in [2.24, 2.45) is 11.3 Å². The molecule has 0 aromatic carbocycles. The Morgan fingerprint density at radius 1 is 0.949 bits per heavy atom. The van der Waals surface area contributed by atoms with Gasteiger partial charge in [0.25, 0.3) is 0 Å². The first-order valence-corrected chi connectivity index (χ1v) is 13.1. The van der Waals surface area contributed by atoms with E-state index in [2.05, 4.69) is 5.32 Å². The summed E-state index contributed by atoms with van der Waals surface area (Å²) in [7, 11) is 0. The second kappa shape index (κ2) is 12.5. The third-order valence-corrected chi connectivity index (χ3v) is 7.86. The summed E-state index contributed by atoms with van der Waals surface area (Å²) in [4.78, 5) is 26.0. The quantitative estimate of drug-likeness (QED) is 0.199. The van der Waals surface area contributed by atoms with Gasteiger partial charge in [-0.2, -0.15) is 26.3 Å². The van der Waals surface area contributed by atoms with Crippen molar-refractivity contribution in [3.8, 4) is 0 Å². The molecular weight excluding hydrogens is 539 g/mol. The van der Waals surface area contributed by atoms with Crippen LogP contribution in [0, 0.1) is 11.3 Å². The van der Waals surface area contributed by atoms with Gasteiger partial charge in [-0.05, 0) is 79.1 Å². The predicted molar refractivity (Wildman–Crippen MR) is 129 cm³/mol. The maximum absolute atomic E-state index is 16.1. The number of carbonyl (C=O) groups excluding carboxylic acids is 2. The summed E-state index contributed by atoms with van der Waals surface area (Å²) in [6.45, 7) is 7.29. The van der Waals surface area contributed by atoms with Crippen LogP contribution in [0.2, 0.25) is 0 Å². The molecule has 1 fully saturated rings. The zero-order valence-corrected chi connectivity index (χ0v) is 23.6. The van der Waals surface area contributed by atoms with Crippen LogP contribution in [0.4, 0.5) is 30.7 Å². The maximum atomic E-state index is 16.1. The highest BCUT2D eigenvalue weighted by Gasteiger charge is 2.56. The molecule has 0 radical (unpaired) electrons. The van der Waals surface area contributed by atoms with Gasteiger partial charge in [-0.25, -0.2) is 9.18 Å². The maximum Gasteiger partial charge on any atom is 0.417 e. The van der Waals surface area contributed by atoms with Crippen LogP contribution >= 0.6 is 0 Å². The molecule has 0 saturated heterocycles. The summed E-state index contributed by atoms with van der Waals surface area (Å²) in [5, 5.41) is 12.3. The van der Waals surface area contributed by atoms with E-state index in [1.165, 1.54) is 41.5 Å². The van der Waals surface area contributed by atoms with Gasteiger partial charge in [0.15, 0.2) is 5.60 Å². The molecule has 2 N–H and O–H groups in total. The smallest absolute Gasteiger partial charge is 0.417 e. The molecule has 0 aromatic heterocycles. The second-order valence-corrected chi connectivity index (χ2v) is 11.8. The fourth-order valence-corrected chi connectivity index (χ4v) is 4.68. The van der Waals surface area contributed by atoms with Gasteiger partial charge in [0, 0.05) is 12.5 Å². The van der Waals surface area contributed by atoms with Crippen LogP contribution in [0.25, 0.3) is 0 Å². The van der Waals surface area contributed by atoms with Crippen LogP contribution in [0.1, 0.15) is 93.4 Å². The standard InChI is InChI=1S/C26H42F7NO5/c1-8-24(27,14-21(5,6)19(35)38-18(4)17(3)34-15-25(28,29)30)20(36)39-23(11-9-10-12-23)13-16(2)22(7,37)26(31,32)33/h16-18,34,37H,8-15H2,1-7H3. The minimum Gasteiger partial charge on any atom is -0.461 e. The summed E-state index contributed by atoms with van der Waals surface area (Å²) in [5.74, 6) is -3.62. The first-order valence-electron chi connectivity index (χ1n) is 13.1. The number of hydrogen-bond acceptors (Lipinski definition) is 6. The molecule has 1 saturated carbocycles. The number of ether oxygens (including phenoxy) is 2. The second-order valence-electron chi connectivity index (χ2n) is 11.8. The fourth-order valence-electron chi connectivity index (χ4n) is 4.68. The average molecular weight is 582 g/mol. The largest absolute Gasteiger partial charge is 0.461 e. The van der Waals surface area contributed by atoms with Crippen LogP contribution < -0.4 is 5.32 Å². The first kappa shape index (κ1) is 35.4. The van der Waals surface area contributed by atoms with Crippen molar-refractivity contribution in [1.82, 2.24) is 5.32 Å². The Kier molecular flexibility index (Phi) is 11.3. The summed E-state index contributed by atoms with van der Waals surface area (Å²) in [5.41, 5.74) is -8.76. The SMILES string of the molecule is CCC(F)(CC(C)(C)C(=O)OC(C)C(C)NCC(F)(F)F)C(=O)OC1(CC(C)C(C)(O)C(F)(F)F)CCCC1. The third kappa shape index (κ3) is 9.47. The van der Waals surface area contributed by atoms with Crippen LogP contribution in [0.3, 0.4) is 0 Å². The van der Waals surface area contributed by atoms with E-state index >= 15 is 4.39 Å². The lowest BCUT2D eigenvalue weighted by Crippen LogP contribution is -2.52. The van der Waals surface area contributed by atoms with E-state index in [0.29, 0.717) is 19.8 Å². The molecule has 0 aliphatic heterocycles. The minimum absolute atomic E-state index is 0.197. The number of aliphatic hydroxyl groups is 1. The lowest BCUT2D eigenvalue weighted by atomic mass is 9.78. The third-order valence-electron chi connectivity index (χ3n) is 7.86. The van der Waals surface area contributed by atoms with Crippen molar-refractivity contribution in [1.29, 1.82) is 0 Å². The van der Waals surface area contributed by atoms with Gasteiger partial charge in [-0.3, -0.25) is 4.79 Å². The van der Waals surface area contributed by atoms with E-state index in [9.17, 15) is 41.0 Å². The zero-order valence-electron chi connectivity index (χ0n) is 23.6. The van der Waals surface area contributed by atoms with Crippen molar-refractivity contribution in [2.45, 2.75) is 135 Å². The lowest BCUT2D eigenvalue weighted by molar-refractivity contribution is -0.274. The Morgan fingerprint density at radius 3 is 1.90 bits per heavy atom. The fraction of sp³-hybridized carbons (Fsp3) is 0.923. The zero-order chi connectivity index (χ0) is 30.7. The van der Waals surface area contributed by atoms with E-state index in [1.807, 2.05) is 0 Å². The molecule has 0 bridgehead atoms. The van der Waals surface area contributed by atoms with Gasteiger partial charge in [-0.1, -0.05) is 13.8 Å². The van der Waals surface area contributed by atoms with Crippen molar-refractivity contribution in [3.63, 3.8) is 0 Å². The number of esters is 2. The molecular formula is C26H42F7NO5. The monoisotopic (exact) mass is 581 g/mol. The highest BCUT2D eigenvalue weighted by atomic mass is 19.4. The van der Waals surface area contributed by atoms with Crippen molar-refractivity contribution in [2.75, 3.05) is 6.54 Å². The van der Waals surface area contributed by atoms with Gasteiger partial charge < -0.3 is 19.9 Å². The van der Waals surface area contributed by atoms with E-state index in [4.69, 9.17) is 9.47 Å². The Labute approximate surface area is 225 Å². The molecule has 0 spiro atoms. The molecule has 5 unspecified atom stereocenters. The van der Waals surface area contributed by atoms with Crippen LogP contribution in [0.5, 0.6) is 0 Å². The van der Waals surface area contributed by atoms with E-state index in [1.54, 1.807) is 0 Å². The number of carbonyl (C=O) groups is 2. The highest BCUT2D eigenvalue weighted by molar-refractivity contribution is 5.82. The Hall–Kier alpha value is -1.63. The predicted octanol–water partition coefficient (Wildman–Crippen LogP) is 6.19. The van der Waals surface area contributed by atoms with E-state index in [0.717, 1.165) is 0 Å². The molecule has 230 valence electrons. The molecule has 1 aliphatic rings. The van der Waals surface area contributed by atoms with Gasteiger partial charge >= 0.3 is 24.3 Å². The highest BCUT2D eigenvalue weighted by Crippen LogP contribution is 2.46. The first-order chi connectivity index (χ1) is 17.4. The molecule has 6 nitrogen and oxygen atoms in total. The number of halogens is 7. The number of alkyl halides is 7. The van der Waals surface area contributed by atoms with Crippen LogP contribution in [0.15, 0.2) is 0 Å². The Bertz CT molecular complexity index is 838. The normalized spacial score (nSPS) is 21.8. The summed E-state index contributed by atoms with van der Waals surface area (Å²) >= 11 is 0. The molecule has 0 heterocycles. The molecule has 1 aliphatic carbocycles. The number of hydrogen-bond donors (Lipinski definition) is 2. The topological polar surface area (TPSA) is 84.9 Å². The Morgan fingerprint density at radius 2 is 1.46 bits per heavy atom. The van der Waals surface area contributed by atoms with Gasteiger partial charge in [0.1, 0.15) is 11.7 Å². The van der Waals surface area contributed by atoms with E-state index < -0.39 is 84.0 Å². The van der Waals surface area contributed by atoms with E-state index in [-0.39, 0.29) is 19.3 Å². The van der Waals surface area contributed by atoms with Crippen molar-refractivity contribution < 1.29 is 54.9 Å². The average Bonchev–Trinajstić information content (AvgIpc) is 3.23.